The van der Waals surface area contributed by atoms with Crippen LogP contribution in [0.5, 0.6) is 11.5 Å². The summed E-state index contributed by atoms with van der Waals surface area (Å²) in [5, 5.41) is 0. The Morgan fingerprint density at radius 1 is 0.966 bits per heavy atom. The summed E-state index contributed by atoms with van der Waals surface area (Å²) in [7, 11) is 0. The molecule has 1 spiro atoms. The third kappa shape index (κ3) is 3.02. The van der Waals surface area contributed by atoms with Gasteiger partial charge in [0.15, 0.2) is 17.4 Å². The van der Waals surface area contributed by atoms with E-state index >= 15 is 0 Å². The van der Waals surface area contributed by atoms with Gasteiger partial charge in [0, 0.05) is 11.5 Å². The minimum absolute atomic E-state index is 0.0110. The number of hydrogen-bond acceptors (Lipinski definition) is 4. The average molecular weight is 398 g/mol. The fraction of sp³-hybridized carbons (Fsp3) is 0.391. The number of carbonyl (C=O) groups is 2. The van der Waals surface area contributed by atoms with Gasteiger partial charge in [-0.3, -0.25) is 9.59 Å². The number of ketones is 1. The largest absolute Gasteiger partial charge is 0.486 e. The number of hydrogen-bond donors (Lipinski definition) is 0. The van der Waals surface area contributed by atoms with Crippen molar-refractivity contribution in [2.75, 3.05) is 0 Å². The Balaban J connectivity index is 1.67. The first-order valence-corrected chi connectivity index (χ1v) is 10.0. The first-order valence-electron chi connectivity index (χ1n) is 10.0. The number of benzene rings is 2. The van der Waals surface area contributed by atoms with Crippen LogP contribution in [0.15, 0.2) is 30.3 Å². The highest BCUT2D eigenvalue weighted by atomic mass is 19.2. The van der Waals surface area contributed by atoms with Crippen LogP contribution in [0, 0.1) is 11.6 Å². The van der Waals surface area contributed by atoms with Crippen LogP contribution in [-0.4, -0.2) is 17.4 Å². The molecule has 0 N–H and O–H groups in total. The number of Topliss-reactive ketones (excluding diaryl/α,β-unsaturated/α-hetero) is 1. The summed E-state index contributed by atoms with van der Waals surface area (Å²) in [6.45, 7) is 0. The monoisotopic (exact) mass is 398 g/mol. The molecule has 0 radical (unpaired) electrons. The molecule has 1 fully saturated rings. The quantitative estimate of drug-likeness (QED) is 0.497. The molecule has 29 heavy (non-hydrogen) atoms. The van der Waals surface area contributed by atoms with Gasteiger partial charge < -0.3 is 9.47 Å². The smallest absolute Gasteiger partial charge is 0.312 e. The van der Waals surface area contributed by atoms with E-state index < -0.39 is 29.1 Å². The minimum atomic E-state index is -0.978. The highest BCUT2D eigenvalue weighted by Gasteiger charge is 2.44. The summed E-state index contributed by atoms with van der Waals surface area (Å²) >= 11 is 0. The van der Waals surface area contributed by atoms with Crippen LogP contribution in [0.2, 0.25) is 0 Å². The van der Waals surface area contributed by atoms with Crippen molar-refractivity contribution in [1.29, 1.82) is 0 Å². The Labute approximate surface area is 166 Å². The van der Waals surface area contributed by atoms with Crippen LogP contribution in [0.25, 0.3) is 0 Å². The molecular formula is C23H20F2O4. The molecule has 1 saturated carbocycles. The molecule has 0 unspecified atom stereocenters. The fourth-order valence-corrected chi connectivity index (χ4v) is 4.89. The predicted molar refractivity (Wildman–Crippen MR) is 100 cm³/mol. The maximum atomic E-state index is 13.9. The number of carbonyl (C=O) groups excluding carboxylic acids is 2. The lowest BCUT2D eigenvalue weighted by atomic mass is 9.76. The van der Waals surface area contributed by atoms with E-state index in [9.17, 15) is 18.4 Å². The third-order valence-electron chi connectivity index (χ3n) is 6.31. The maximum absolute atomic E-state index is 13.9. The molecule has 0 amide bonds. The fourth-order valence-electron chi connectivity index (χ4n) is 4.89. The molecule has 0 bridgehead atoms. The number of fused-ring (bicyclic) bond motifs is 3. The lowest BCUT2D eigenvalue weighted by molar-refractivity contribution is -0.135. The van der Waals surface area contributed by atoms with Crippen LogP contribution in [-0.2, 0) is 4.79 Å². The average Bonchev–Trinajstić information content (AvgIpc) is 2.69. The van der Waals surface area contributed by atoms with Crippen LogP contribution in [0.3, 0.4) is 0 Å². The highest BCUT2D eigenvalue weighted by molar-refractivity contribution is 6.01. The zero-order valence-electron chi connectivity index (χ0n) is 15.8. The Hall–Kier alpha value is -2.76. The van der Waals surface area contributed by atoms with Crippen LogP contribution >= 0.6 is 0 Å². The van der Waals surface area contributed by atoms with E-state index in [0.717, 1.165) is 44.2 Å². The second kappa shape index (κ2) is 6.65. The number of halogens is 2. The second-order valence-corrected chi connectivity index (χ2v) is 8.20. The van der Waals surface area contributed by atoms with Crippen LogP contribution in [0.1, 0.15) is 72.3 Å². The van der Waals surface area contributed by atoms with Crippen molar-refractivity contribution in [3.63, 3.8) is 0 Å². The van der Waals surface area contributed by atoms with Crippen molar-refractivity contribution in [2.45, 2.75) is 56.5 Å². The van der Waals surface area contributed by atoms with Crippen molar-refractivity contribution in [3.8, 4) is 11.5 Å². The molecule has 2 aliphatic heterocycles. The Bertz CT molecular complexity index is 1020. The molecule has 4 nitrogen and oxygen atoms in total. The van der Waals surface area contributed by atoms with Gasteiger partial charge in [-0.2, -0.15) is 0 Å². The van der Waals surface area contributed by atoms with Crippen molar-refractivity contribution in [1.82, 2.24) is 0 Å². The highest BCUT2D eigenvalue weighted by Crippen LogP contribution is 2.51. The molecule has 3 aliphatic rings. The van der Waals surface area contributed by atoms with E-state index in [1.54, 1.807) is 12.1 Å². The number of ether oxygens (including phenoxy) is 2. The SMILES string of the molecule is O=C1C[C@@H](c2ccc(F)c(F)c2)c2c(ccc3c2OC2(CCCCC2)CC3=O)O1. The minimum Gasteiger partial charge on any atom is -0.486 e. The zero-order valence-corrected chi connectivity index (χ0v) is 15.8. The zero-order chi connectivity index (χ0) is 20.2. The standard InChI is InChI=1S/C23H20F2O4/c24-16-6-4-13(10-17(16)25)15-11-20(27)28-19-7-5-14-18(26)12-23(8-2-1-3-9-23)29-22(14)21(15)19/h4-7,10,15H,1-3,8-9,11-12H2/t15-/m0/s1. The van der Waals surface area contributed by atoms with E-state index in [-0.39, 0.29) is 12.2 Å². The summed E-state index contributed by atoms with van der Waals surface area (Å²) in [5.74, 6) is -2.19. The van der Waals surface area contributed by atoms with Gasteiger partial charge in [-0.25, -0.2) is 8.78 Å². The summed E-state index contributed by atoms with van der Waals surface area (Å²) in [5.41, 5.74) is 0.962. The summed E-state index contributed by atoms with van der Waals surface area (Å²) < 4.78 is 39.3. The second-order valence-electron chi connectivity index (χ2n) is 8.20. The normalized spacial score (nSPS) is 22.5. The van der Waals surface area contributed by atoms with Gasteiger partial charge in [0.1, 0.15) is 17.1 Å². The third-order valence-corrected chi connectivity index (χ3v) is 6.31. The molecule has 0 aromatic heterocycles. The summed E-state index contributed by atoms with van der Waals surface area (Å²) in [6.07, 6.45) is 5.04. The number of esters is 1. The van der Waals surface area contributed by atoms with Gasteiger partial charge in [0.2, 0.25) is 0 Å². The molecular weight excluding hydrogens is 378 g/mol. The van der Waals surface area contributed by atoms with E-state index in [0.29, 0.717) is 34.6 Å². The van der Waals surface area contributed by atoms with Gasteiger partial charge in [-0.05, 0) is 55.5 Å². The van der Waals surface area contributed by atoms with E-state index in [2.05, 4.69) is 0 Å². The molecule has 0 saturated heterocycles. The molecule has 6 heteroatoms. The van der Waals surface area contributed by atoms with E-state index in [4.69, 9.17) is 9.47 Å². The summed E-state index contributed by atoms with van der Waals surface area (Å²) in [4.78, 5) is 25.1. The molecule has 1 atom stereocenters. The Morgan fingerprint density at radius 2 is 1.76 bits per heavy atom. The molecule has 2 aromatic carbocycles. The topological polar surface area (TPSA) is 52.6 Å². The number of rotatable bonds is 1. The van der Waals surface area contributed by atoms with E-state index in [1.165, 1.54) is 6.07 Å². The van der Waals surface area contributed by atoms with Gasteiger partial charge in [0.05, 0.1) is 18.4 Å². The van der Waals surface area contributed by atoms with Crippen LogP contribution in [0.4, 0.5) is 8.78 Å². The van der Waals surface area contributed by atoms with Gasteiger partial charge >= 0.3 is 5.97 Å². The van der Waals surface area contributed by atoms with E-state index in [1.807, 2.05) is 0 Å². The van der Waals surface area contributed by atoms with Gasteiger partial charge in [-0.1, -0.05) is 12.5 Å². The van der Waals surface area contributed by atoms with Crippen molar-refractivity contribution in [3.05, 3.63) is 58.7 Å². The lowest BCUT2D eigenvalue weighted by Gasteiger charge is -2.42. The van der Waals surface area contributed by atoms with Crippen molar-refractivity contribution >= 4 is 11.8 Å². The Morgan fingerprint density at radius 3 is 2.52 bits per heavy atom. The predicted octanol–water partition coefficient (Wildman–Crippen LogP) is 5.07. The maximum Gasteiger partial charge on any atom is 0.312 e. The molecule has 2 aromatic rings. The molecule has 5 rings (SSSR count). The summed E-state index contributed by atoms with van der Waals surface area (Å²) in [6, 6.07) is 6.84. The van der Waals surface area contributed by atoms with Gasteiger partial charge in [-0.15, -0.1) is 0 Å². The lowest BCUT2D eigenvalue weighted by Crippen LogP contribution is -2.44. The van der Waals surface area contributed by atoms with Crippen LogP contribution < -0.4 is 9.47 Å². The molecule has 2 heterocycles. The van der Waals surface area contributed by atoms with Crippen molar-refractivity contribution < 1.29 is 27.8 Å². The van der Waals surface area contributed by atoms with Crippen molar-refractivity contribution in [2.24, 2.45) is 0 Å². The molecule has 1 aliphatic carbocycles. The first-order chi connectivity index (χ1) is 14.0. The Kier molecular flexibility index (Phi) is 4.19. The first kappa shape index (κ1) is 18.3. The molecule has 150 valence electrons. The van der Waals surface area contributed by atoms with Gasteiger partial charge in [0.25, 0.3) is 0 Å².